The Hall–Kier alpha value is -3.65. The minimum Gasteiger partial charge on any atom is -0.352 e. The normalized spacial score (nSPS) is 12.9. The van der Waals surface area contributed by atoms with Crippen molar-refractivity contribution in [3.63, 3.8) is 0 Å². The molecule has 0 aliphatic heterocycles. The summed E-state index contributed by atoms with van der Waals surface area (Å²) in [4.78, 5) is 29.3. The molecular formula is C33H43N3O4S. The van der Waals surface area contributed by atoms with Crippen molar-refractivity contribution in [3.05, 3.63) is 94.5 Å². The first kappa shape index (κ1) is 31.9. The summed E-state index contributed by atoms with van der Waals surface area (Å²) in [6.45, 7) is 13.2. The molecule has 0 spiro atoms. The number of hydrogen-bond donors (Lipinski definition) is 1. The van der Waals surface area contributed by atoms with Crippen LogP contribution in [0.15, 0.2) is 71.6 Å². The maximum Gasteiger partial charge on any atom is 0.264 e. The van der Waals surface area contributed by atoms with Gasteiger partial charge in [-0.2, -0.15) is 0 Å². The number of carbonyl (C=O) groups excluding carboxylic acids is 2. The van der Waals surface area contributed by atoms with Crippen LogP contribution >= 0.6 is 0 Å². The van der Waals surface area contributed by atoms with Crippen molar-refractivity contribution in [2.24, 2.45) is 0 Å². The Balaban J connectivity index is 2.10. The first-order chi connectivity index (χ1) is 19.4. The van der Waals surface area contributed by atoms with Gasteiger partial charge in [-0.3, -0.25) is 13.9 Å². The Morgan fingerprint density at radius 1 is 0.829 bits per heavy atom. The van der Waals surface area contributed by atoms with Crippen LogP contribution in [-0.2, 0) is 26.2 Å². The largest absolute Gasteiger partial charge is 0.352 e. The first-order valence-corrected chi connectivity index (χ1v) is 15.6. The van der Waals surface area contributed by atoms with Crippen molar-refractivity contribution in [2.45, 2.75) is 84.8 Å². The van der Waals surface area contributed by atoms with Crippen LogP contribution in [0, 0.1) is 27.7 Å². The number of hydrogen-bond acceptors (Lipinski definition) is 4. The molecule has 3 rings (SSSR count). The number of nitrogens with one attached hydrogen (secondary N) is 1. The Morgan fingerprint density at radius 3 is 2.00 bits per heavy atom. The summed E-state index contributed by atoms with van der Waals surface area (Å²) >= 11 is 0. The van der Waals surface area contributed by atoms with Gasteiger partial charge < -0.3 is 10.2 Å². The molecule has 220 valence electrons. The number of aryl methyl sites for hydroxylation is 4. The summed E-state index contributed by atoms with van der Waals surface area (Å²) in [6, 6.07) is 19.0. The number of carbonyl (C=O) groups is 2. The third kappa shape index (κ3) is 7.97. The second kappa shape index (κ2) is 13.8. The molecule has 0 aliphatic carbocycles. The predicted molar refractivity (Wildman–Crippen MR) is 165 cm³/mol. The van der Waals surface area contributed by atoms with E-state index in [1.165, 1.54) is 9.21 Å². The molecule has 41 heavy (non-hydrogen) atoms. The summed E-state index contributed by atoms with van der Waals surface area (Å²) < 4.78 is 29.3. The summed E-state index contributed by atoms with van der Waals surface area (Å²) in [6.07, 6.45) is 1.14. The maximum absolute atomic E-state index is 14.2. The molecule has 3 aromatic rings. The Kier molecular flexibility index (Phi) is 10.7. The molecule has 2 amide bonds. The molecule has 0 fully saturated rings. The summed E-state index contributed by atoms with van der Waals surface area (Å²) in [7, 11) is -4.10. The standard InChI is InChI=1S/C33H43N3O4S/c1-8-27(7)34-33(38)31(9-2)35(21-28-13-11-10-12-26(28)6)32(37)22-36(29-19-24(4)18-25(5)20-29)41(39,40)30-16-14-23(3)15-17-30/h10-20,27,31H,8-9,21-22H2,1-7H3,(H,34,38). The molecule has 2 atom stereocenters. The summed E-state index contributed by atoms with van der Waals surface area (Å²) in [5.74, 6) is -0.697. The van der Waals surface area contributed by atoms with E-state index in [9.17, 15) is 18.0 Å². The van der Waals surface area contributed by atoms with Crippen LogP contribution in [0.3, 0.4) is 0 Å². The van der Waals surface area contributed by atoms with Crippen LogP contribution in [-0.4, -0.2) is 43.8 Å². The number of rotatable bonds is 12. The maximum atomic E-state index is 14.2. The van der Waals surface area contributed by atoms with Gasteiger partial charge in [0.15, 0.2) is 0 Å². The van der Waals surface area contributed by atoms with Gasteiger partial charge in [-0.1, -0.05) is 61.9 Å². The van der Waals surface area contributed by atoms with Crippen molar-refractivity contribution >= 4 is 27.5 Å². The smallest absolute Gasteiger partial charge is 0.264 e. The SMILES string of the molecule is CCC(C)NC(=O)C(CC)N(Cc1ccccc1C)C(=O)CN(c1cc(C)cc(C)c1)S(=O)(=O)c1ccc(C)cc1. The fraction of sp³-hybridized carbons (Fsp3) is 0.394. The molecule has 0 heterocycles. The predicted octanol–water partition coefficient (Wildman–Crippen LogP) is 5.84. The minimum atomic E-state index is -4.10. The molecule has 3 aromatic carbocycles. The van der Waals surface area contributed by atoms with E-state index in [1.807, 2.05) is 78.8 Å². The van der Waals surface area contributed by atoms with Gasteiger partial charge in [-0.15, -0.1) is 0 Å². The average molecular weight is 578 g/mol. The van der Waals surface area contributed by atoms with Crippen molar-refractivity contribution in [1.29, 1.82) is 0 Å². The Morgan fingerprint density at radius 2 is 1.44 bits per heavy atom. The van der Waals surface area contributed by atoms with Crippen LogP contribution in [0.2, 0.25) is 0 Å². The fourth-order valence-electron chi connectivity index (χ4n) is 4.79. The number of sulfonamides is 1. The highest BCUT2D eigenvalue weighted by Gasteiger charge is 2.34. The number of benzene rings is 3. The molecule has 7 nitrogen and oxygen atoms in total. The number of nitrogens with zero attached hydrogens (tertiary/aromatic N) is 2. The average Bonchev–Trinajstić information content (AvgIpc) is 2.92. The Bertz CT molecular complexity index is 1450. The molecule has 2 unspecified atom stereocenters. The third-order valence-electron chi connectivity index (χ3n) is 7.37. The van der Waals surface area contributed by atoms with Crippen molar-refractivity contribution in [1.82, 2.24) is 10.2 Å². The van der Waals surface area contributed by atoms with Gasteiger partial charge >= 0.3 is 0 Å². The zero-order chi connectivity index (χ0) is 30.3. The molecule has 0 saturated heterocycles. The van der Waals surface area contributed by atoms with Crippen LogP contribution in [0.25, 0.3) is 0 Å². The lowest BCUT2D eigenvalue weighted by atomic mass is 10.1. The van der Waals surface area contributed by atoms with E-state index < -0.39 is 28.5 Å². The van der Waals surface area contributed by atoms with E-state index in [-0.39, 0.29) is 23.4 Å². The van der Waals surface area contributed by atoms with Crippen LogP contribution in [0.1, 0.15) is 61.4 Å². The van der Waals surface area contributed by atoms with Gasteiger partial charge in [0.1, 0.15) is 12.6 Å². The van der Waals surface area contributed by atoms with E-state index in [2.05, 4.69) is 5.32 Å². The highest BCUT2D eigenvalue weighted by atomic mass is 32.2. The second-order valence-electron chi connectivity index (χ2n) is 10.9. The highest BCUT2D eigenvalue weighted by Crippen LogP contribution is 2.27. The number of amides is 2. The monoisotopic (exact) mass is 577 g/mol. The van der Waals surface area contributed by atoms with Gasteiger partial charge in [0, 0.05) is 12.6 Å². The topological polar surface area (TPSA) is 86.8 Å². The van der Waals surface area contributed by atoms with E-state index in [0.717, 1.165) is 34.2 Å². The van der Waals surface area contributed by atoms with Crippen molar-refractivity contribution < 1.29 is 18.0 Å². The van der Waals surface area contributed by atoms with Gasteiger partial charge in [0.2, 0.25) is 11.8 Å². The minimum absolute atomic E-state index is 0.0550. The van der Waals surface area contributed by atoms with Crippen molar-refractivity contribution in [2.75, 3.05) is 10.8 Å². The first-order valence-electron chi connectivity index (χ1n) is 14.2. The molecule has 8 heteroatoms. The second-order valence-corrected chi connectivity index (χ2v) is 12.7. The third-order valence-corrected chi connectivity index (χ3v) is 9.16. The molecule has 0 aromatic heterocycles. The van der Waals surface area contributed by atoms with E-state index in [4.69, 9.17) is 0 Å². The molecular weight excluding hydrogens is 534 g/mol. The van der Waals surface area contributed by atoms with Crippen molar-refractivity contribution in [3.8, 4) is 0 Å². The number of anilines is 1. The van der Waals surface area contributed by atoms with E-state index >= 15 is 0 Å². The zero-order valence-corrected chi connectivity index (χ0v) is 26.1. The fourth-order valence-corrected chi connectivity index (χ4v) is 6.19. The summed E-state index contributed by atoms with van der Waals surface area (Å²) in [5, 5.41) is 3.01. The van der Waals surface area contributed by atoms with Crippen LogP contribution in [0.5, 0.6) is 0 Å². The highest BCUT2D eigenvalue weighted by molar-refractivity contribution is 7.92. The van der Waals surface area contributed by atoms with Crippen LogP contribution in [0.4, 0.5) is 5.69 Å². The molecule has 0 bridgehead atoms. The molecule has 0 aliphatic rings. The van der Waals surface area contributed by atoms with Gasteiger partial charge in [0.05, 0.1) is 10.6 Å². The lowest BCUT2D eigenvalue weighted by Crippen LogP contribution is -2.53. The van der Waals surface area contributed by atoms with Gasteiger partial charge in [-0.25, -0.2) is 8.42 Å². The molecule has 0 saturated carbocycles. The molecule has 0 radical (unpaired) electrons. The van der Waals surface area contributed by atoms with Gasteiger partial charge in [-0.05, 0) is 94.0 Å². The molecule has 1 N–H and O–H groups in total. The Labute approximate surface area is 245 Å². The zero-order valence-electron chi connectivity index (χ0n) is 25.3. The van der Waals surface area contributed by atoms with Gasteiger partial charge in [0.25, 0.3) is 10.0 Å². The lowest BCUT2D eigenvalue weighted by molar-refractivity contribution is -0.140. The van der Waals surface area contributed by atoms with E-state index in [0.29, 0.717) is 12.1 Å². The van der Waals surface area contributed by atoms with Crippen LogP contribution < -0.4 is 9.62 Å². The quantitative estimate of drug-likeness (QED) is 0.293. The van der Waals surface area contributed by atoms with E-state index in [1.54, 1.807) is 36.4 Å². The summed E-state index contributed by atoms with van der Waals surface area (Å²) in [5.41, 5.74) is 4.99. The lowest BCUT2D eigenvalue weighted by Gasteiger charge is -2.34.